The van der Waals surface area contributed by atoms with Gasteiger partial charge in [0, 0.05) is 59.9 Å². The molecule has 6 heterocycles. The quantitative estimate of drug-likeness (QED) is 0.159. The number of hydrogen-bond acceptors (Lipinski definition) is 4. The number of nitrogens with zero attached hydrogens (tertiary/aromatic N) is 3. The third kappa shape index (κ3) is 6.60. The zero-order chi connectivity index (χ0) is 52.8. The maximum atomic E-state index is 2.94. The molecule has 0 radical (unpaired) electrons. The van der Waals surface area contributed by atoms with Gasteiger partial charge in [-0.1, -0.05) is 181 Å². The van der Waals surface area contributed by atoms with Gasteiger partial charge in [-0.2, -0.15) is 0 Å². The first-order valence-corrected chi connectivity index (χ1v) is 29.1. The van der Waals surface area contributed by atoms with Gasteiger partial charge in [-0.25, -0.2) is 0 Å². The smallest absolute Gasteiger partial charge is 0.253 e. The first kappa shape index (κ1) is 47.9. The van der Waals surface area contributed by atoms with Crippen LogP contribution in [0.2, 0.25) is 0 Å². The summed E-state index contributed by atoms with van der Waals surface area (Å²) in [6, 6.07) is 60.5. The van der Waals surface area contributed by atoms with Crippen molar-refractivity contribution < 1.29 is 0 Å². The Kier molecular flexibility index (Phi) is 9.94. The highest BCUT2D eigenvalue weighted by molar-refractivity contribution is 7.26. The predicted molar refractivity (Wildman–Crippen MR) is 330 cm³/mol. The average molecular weight is 1010 g/mol. The molecular weight excluding hydrogens is 938 g/mol. The van der Waals surface area contributed by atoms with Crippen molar-refractivity contribution in [1.82, 2.24) is 0 Å². The minimum absolute atomic E-state index is 0.00374. The van der Waals surface area contributed by atoms with Gasteiger partial charge in [0.2, 0.25) is 0 Å². The van der Waals surface area contributed by atoms with E-state index in [4.69, 9.17) is 0 Å². The maximum Gasteiger partial charge on any atom is 0.253 e. The Morgan fingerprint density at radius 1 is 0.513 bits per heavy atom. The van der Waals surface area contributed by atoms with Crippen molar-refractivity contribution in [1.29, 1.82) is 0 Å². The lowest BCUT2D eigenvalue weighted by Gasteiger charge is -2.53. The molecule has 5 aliphatic heterocycles. The van der Waals surface area contributed by atoms with Crippen LogP contribution in [0.25, 0.3) is 31.3 Å². The van der Waals surface area contributed by atoms with Crippen molar-refractivity contribution in [2.75, 3.05) is 14.7 Å². The van der Waals surface area contributed by atoms with Crippen LogP contribution in [0.1, 0.15) is 149 Å². The van der Waals surface area contributed by atoms with Gasteiger partial charge in [0.1, 0.15) is 0 Å². The molecule has 380 valence electrons. The van der Waals surface area contributed by atoms with Crippen molar-refractivity contribution in [3.8, 4) is 11.1 Å². The Morgan fingerprint density at radius 3 is 1.79 bits per heavy atom. The number of hydrogen-bond donors (Lipinski definition) is 0. The summed E-state index contributed by atoms with van der Waals surface area (Å²) in [5.74, 6) is 0. The Bertz CT molecular complexity index is 3840. The highest BCUT2D eigenvalue weighted by Crippen LogP contribution is 2.63. The fraction of sp³-hybridized carbons (Fsp3) is 0.324. The summed E-state index contributed by atoms with van der Waals surface area (Å²) in [5.41, 5.74) is 24.8. The van der Waals surface area contributed by atoms with Gasteiger partial charge >= 0.3 is 0 Å². The first-order chi connectivity index (χ1) is 36.1. The van der Waals surface area contributed by atoms with Crippen molar-refractivity contribution in [2.45, 2.75) is 148 Å². The lowest BCUT2D eigenvalue weighted by Crippen LogP contribution is -2.64. The van der Waals surface area contributed by atoms with Crippen LogP contribution in [0.3, 0.4) is 0 Å². The van der Waals surface area contributed by atoms with Crippen molar-refractivity contribution >= 4 is 100 Å². The molecule has 3 nitrogen and oxygen atoms in total. The Balaban J connectivity index is 1.16. The molecule has 1 fully saturated rings. The normalized spacial score (nSPS) is 19.8. The van der Waals surface area contributed by atoms with E-state index in [-0.39, 0.29) is 39.3 Å². The van der Waals surface area contributed by atoms with Crippen LogP contribution in [-0.2, 0) is 27.1 Å². The van der Waals surface area contributed by atoms with Gasteiger partial charge in [0.25, 0.3) is 6.71 Å². The van der Waals surface area contributed by atoms with E-state index in [2.05, 4.69) is 256 Å². The van der Waals surface area contributed by atoms with E-state index in [0.717, 1.165) is 17.8 Å². The lowest BCUT2D eigenvalue weighted by atomic mass is 9.32. The van der Waals surface area contributed by atoms with Crippen LogP contribution in [0, 0.1) is 0 Å². The van der Waals surface area contributed by atoms with Gasteiger partial charge in [0.15, 0.2) is 0 Å². The van der Waals surface area contributed by atoms with E-state index in [1.165, 1.54) is 129 Å². The van der Waals surface area contributed by atoms with Gasteiger partial charge in [-0.3, -0.25) is 0 Å². The molecule has 0 amide bonds. The number of rotatable bonds is 5. The largest absolute Gasteiger partial charge is 0.335 e. The van der Waals surface area contributed by atoms with E-state index >= 15 is 0 Å². The lowest BCUT2D eigenvalue weighted by molar-refractivity contribution is 0.195. The molecular formula is C71H72BN3S. The van der Waals surface area contributed by atoms with Crippen molar-refractivity contribution in [3.63, 3.8) is 0 Å². The third-order valence-electron chi connectivity index (χ3n) is 19.5. The van der Waals surface area contributed by atoms with Gasteiger partial charge < -0.3 is 14.7 Å². The molecule has 0 saturated heterocycles. The SMILES string of the molecule is CC(C)(C)c1ccc(N(c2ccc(C(C)(C)C)cc2)c2cc3c4c(c2)N2c5c6cc(cc5C5(C)CCCCC25C)C(C)(C)c2ccc5c(c2)sc2ccc(c(c25)B64)N3c2ccc(C(C)(C)C)cc2-c2ccccc2)cc1. The predicted octanol–water partition coefficient (Wildman–Crippen LogP) is 18.1. The van der Waals surface area contributed by atoms with E-state index < -0.39 is 0 Å². The molecule has 5 heteroatoms. The second-order valence-corrected chi connectivity index (χ2v) is 28.4. The standard InChI is InChI=1S/C71H72BN3S/c1-66(2,3)44-21-27-49(28-22-44)73(50-29-23-45(24-30-50)67(4,5)6)51-41-58-63-59(42-51)75-65-54(70(12)35-17-18-36-71(70,75)13)38-48-39-55(65)72(63)64-57(33-34-60-62(64)52-31-25-47(69(48,10)11)40-61(52)76-60)74(58)56-32-26-46(68(7,8)9)37-53(56)43-19-15-14-16-20-43/h14-16,19-34,37-42H,17-18,35-36H2,1-13H3. The highest BCUT2D eigenvalue weighted by Gasteiger charge is 2.62. The fourth-order valence-electron chi connectivity index (χ4n) is 14.7. The second-order valence-electron chi connectivity index (χ2n) is 27.4. The van der Waals surface area contributed by atoms with Crippen LogP contribution in [0.5, 0.6) is 0 Å². The molecule has 6 bridgehead atoms. The number of thiophene rings is 1. The molecule has 6 aliphatic rings. The van der Waals surface area contributed by atoms with E-state index in [1.807, 2.05) is 11.3 Å². The minimum atomic E-state index is -0.214. The molecule has 0 N–H and O–H groups in total. The fourth-order valence-corrected chi connectivity index (χ4v) is 15.9. The first-order valence-electron chi connectivity index (χ1n) is 28.2. The van der Waals surface area contributed by atoms with Gasteiger partial charge in [-0.05, 0) is 169 Å². The number of fused-ring (bicyclic) bond motifs is 5. The molecule has 1 saturated carbocycles. The summed E-state index contributed by atoms with van der Waals surface area (Å²) in [6.45, 7) is 31.2. The molecule has 9 aromatic rings. The van der Waals surface area contributed by atoms with E-state index in [9.17, 15) is 0 Å². The zero-order valence-electron chi connectivity index (χ0n) is 47.1. The number of anilines is 8. The molecule has 0 spiro atoms. The topological polar surface area (TPSA) is 9.72 Å². The van der Waals surface area contributed by atoms with Crippen LogP contribution < -0.4 is 31.1 Å². The van der Waals surface area contributed by atoms with Crippen LogP contribution >= 0.6 is 11.3 Å². The highest BCUT2D eigenvalue weighted by atomic mass is 32.1. The average Bonchev–Trinajstić information content (AvgIpc) is 3.38. The Labute approximate surface area is 456 Å². The Hall–Kier alpha value is -6.56. The van der Waals surface area contributed by atoms with Crippen molar-refractivity contribution in [3.05, 3.63) is 185 Å². The summed E-state index contributed by atoms with van der Waals surface area (Å²) in [5, 5.41) is 2.78. The molecule has 76 heavy (non-hydrogen) atoms. The summed E-state index contributed by atoms with van der Waals surface area (Å²) >= 11 is 1.98. The maximum absolute atomic E-state index is 2.94. The van der Waals surface area contributed by atoms with E-state index in [0.29, 0.717) is 0 Å². The van der Waals surface area contributed by atoms with Gasteiger partial charge in [-0.15, -0.1) is 11.3 Å². The summed E-state index contributed by atoms with van der Waals surface area (Å²) < 4.78 is 2.74. The second kappa shape index (κ2) is 15.8. The summed E-state index contributed by atoms with van der Waals surface area (Å²) in [6.07, 6.45) is 4.76. The molecule has 1 aliphatic carbocycles. The molecule has 2 unspecified atom stereocenters. The summed E-state index contributed by atoms with van der Waals surface area (Å²) in [7, 11) is 0. The zero-order valence-corrected chi connectivity index (χ0v) is 47.9. The molecule has 1 aromatic heterocycles. The molecule has 2 atom stereocenters. The summed E-state index contributed by atoms with van der Waals surface area (Å²) in [4.78, 5) is 8.23. The van der Waals surface area contributed by atoms with Crippen LogP contribution in [0.4, 0.5) is 45.5 Å². The van der Waals surface area contributed by atoms with Gasteiger partial charge in [0.05, 0.1) is 16.9 Å². The van der Waals surface area contributed by atoms with Crippen molar-refractivity contribution in [2.24, 2.45) is 0 Å². The number of benzene rings is 8. The van der Waals surface area contributed by atoms with E-state index in [1.54, 1.807) is 5.56 Å². The van der Waals surface area contributed by atoms with Crippen LogP contribution in [-0.4, -0.2) is 12.3 Å². The van der Waals surface area contributed by atoms with Crippen LogP contribution in [0.15, 0.2) is 152 Å². The Morgan fingerprint density at radius 2 is 1.13 bits per heavy atom. The molecule has 8 aromatic carbocycles. The minimum Gasteiger partial charge on any atom is -0.335 e. The molecule has 15 rings (SSSR count). The third-order valence-corrected chi connectivity index (χ3v) is 20.6. The monoisotopic (exact) mass is 1010 g/mol.